The fourth-order valence-corrected chi connectivity index (χ4v) is 2.46. The second kappa shape index (κ2) is 5.39. The summed E-state index contributed by atoms with van der Waals surface area (Å²) in [5.74, 6) is -0.205. The molecule has 0 aliphatic carbocycles. The number of benzene rings is 2. The topological polar surface area (TPSA) is 52.0 Å². The molecule has 0 unspecified atom stereocenters. The summed E-state index contributed by atoms with van der Waals surface area (Å²) in [4.78, 5) is 0. The largest absolute Gasteiger partial charge is 0.367 e. The van der Waals surface area contributed by atoms with Crippen LogP contribution >= 0.6 is 23.2 Å². The maximum absolute atomic E-state index is 13.1. The molecule has 0 atom stereocenters. The number of anilines is 1. The van der Waals surface area contributed by atoms with Crippen molar-refractivity contribution in [3.8, 4) is 22.4 Å². The van der Waals surface area contributed by atoms with E-state index in [0.29, 0.717) is 32.4 Å². The lowest BCUT2D eigenvalue weighted by Gasteiger charge is -2.06. The summed E-state index contributed by atoms with van der Waals surface area (Å²) in [6, 6.07) is 11.1. The molecule has 0 saturated heterocycles. The average molecular weight is 323 g/mol. The van der Waals surface area contributed by atoms with Crippen LogP contribution in [-0.2, 0) is 0 Å². The summed E-state index contributed by atoms with van der Waals surface area (Å²) >= 11 is 12.2. The molecule has 2 aromatic carbocycles. The van der Waals surface area contributed by atoms with E-state index in [1.807, 2.05) is 0 Å². The van der Waals surface area contributed by atoms with Crippen LogP contribution in [0.15, 0.2) is 47.0 Å². The van der Waals surface area contributed by atoms with Crippen molar-refractivity contribution >= 4 is 29.1 Å². The van der Waals surface area contributed by atoms with Gasteiger partial charge in [-0.15, -0.1) is 0 Å². The van der Waals surface area contributed by atoms with Gasteiger partial charge >= 0.3 is 0 Å². The number of nitrogens with two attached hydrogens (primary N) is 1. The number of hydrogen-bond acceptors (Lipinski definition) is 3. The Kier molecular flexibility index (Phi) is 3.57. The average Bonchev–Trinajstić information content (AvgIpc) is 2.85. The molecule has 0 aliphatic heterocycles. The van der Waals surface area contributed by atoms with Crippen molar-refractivity contribution in [1.82, 2.24) is 5.16 Å². The first-order valence-corrected chi connectivity index (χ1v) is 6.79. The molecule has 0 amide bonds. The van der Waals surface area contributed by atoms with Crippen molar-refractivity contribution in [1.29, 1.82) is 0 Å². The molecule has 1 aromatic heterocycles. The summed E-state index contributed by atoms with van der Waals surface area (Å²) in [5.41, 5.74) is 8.14. The van der Waals surface area contributed by atoms with Gasteiger partial charge in [0.05, 0.1) is 15.6 Å². The molecular weight excluding hydrogens is 314 g/mol. The van der Waals surface area contributed by atoms with Crippen LogP contribution in [0.2, 0.25) is 10.0 Å². The Hall–Kier alpha value is -2.04. The summed E-state index contributed by atoms with van der Waals surface area (Å²) in [7, 11) is 0. The quantitative estimate of drug-likeness (QED) is 0.719. The Balaban J connectivity index is 2.22. The first-order chi connectivity index (χ1) is 10.1. The van der Waals surface area contributed by atoms with Gasteiger partial charge in [0.25, 0.3) is 0 Å². The Morgan fingerprint density at radius 1 is 1.05 bits per heavy atom. The van der Waals surface area contributed by atoms with Crippen molar-refractivity contribution < 1.29 is 8.91 Å². The fourth-order valence-electron chi connectivity index (χ4n) is 2.07. The van der Waals surface area contributed by atoms with Gasteiger partial charge in [0.1, 0.15) is 11.5 Å². The summed E-state index contributed by atoms with van der Waals surface area (Å²) in [6.07, 6.45) is 0. The third-order valence-electron chi connectivity index (χ3n) is 3.06. The second-order valence-corrected chi connectivity index (χ2v) is 5.16. The van der Waals surface area contributed by atoms with E-state index in [1.165, 1.54) is 12.1 Å². The zero-order chi connectivity index (χ0) is 15.0. The number of nitrogen functional groups attached to an aromatic ring is 1. The van der Waals surface area contributed by atoms with Gasteiger partial charge < -0.3 is 10.3 Å². The Morgan fingerprint density at radius 3 is 2.48 bits per heavy atom. The third-order valence-corrected chi connectivity index (χ3v) is 3.88. The lowest BCUT2D eigenvalue weighted by atomic mass is 10.0. The van der Waals surface area contributed by atoms with Gasteiger partial charge in [0.15, 0.2) is 0 Å². The van der Waals surface area contributed by atoms with E-state index in [2.05, 4.69) is 5.16 Å². The van der Waals surface area contributed by atoms with Crippen LogP contribution in [0, 0.1) is 5.82 Å². The maximum Gasteiger partial charge on any atom is 0.230 e. The van der Waals surface area contributed by atoms with E-state index in [1.54, 1.807) is 30.3 Å². The van der Waals surface area contributed by atoms with Gasteiger partial charge in [-0.2, -0.15) is 0 Å². The maximum atomic E-state index is 13.1. The van der Waals surface area contributed by atoms with Crippen LogP contribution in [0.5, 0.6) is 0 Å². The van der Waals surface area contributed by atoms with Crippen molar-refractivity contribution in [2.45, 2.75) is 0 Å². The van der Waals surface area contributed by atoms with Crippen LogP contribution in [0.3, 0.4) is 0 Å². The fraction of sp³-hybridized carbons (Fsp3) is 0. The summed E-state index contributed by atoms with van der Waals surface area (Å²) in [5, 5.41) is 4.71. The second-order valence-electron chi connectivity index (χ2n) is 4.38. The standard InChI is InChI=1S/C15H9Cl2FN2O/c16-11-3-1-2-10(13(11)17)14-12(15(19)21-20-14)8-4-6-9(18)7-5-8/h1-7H,19H2. The van der Waals surface area contributed by atoms with E-state index < -0.39 is 0 Å². The van der Waals surface area contributed by atoms with E-state index in [0.717, 1.165) is 0 Å². The van der Waals surface area contributed by atoms with Gasteiger partial charge in [-0.1, -0.05) is 52.6 Å². The first kappa shape index (κ1) is 13.9. The molecule has 106 valence electrons. The molecule has 21 heavy (non-hydrogen) atoms. The van der Waals surface area contributed by atoms with E-state index in [9.17, 15) is 4.39 Å². The summed E-state index contributed by atoms with van der Waals surface area (Å²) < 4.78 is 18.1. The Labute approximate surface area is 130 Å². The van der Waals surface area contributed by atoms with Gasteiger partial charge in [-0.25, -0.2) is 4.39 Å². The molecule has 3 nitrogen and oxygen atoms in total. The predicted octanol–water partition coefficient (Wildman–Crippen LogP) is 5.04. The van der Waals surface area contributed by atoms with Crippen LogP contribution < -0.4 is 5.73 Å². The summed E-state index contributed by atoms with van der Waals surface area (Å²) in [6.45, 7) is 0. The highest BCUT2D eigenvalue weighted by atomic mass is 35.5. The van der Waals surface area contributed by atoms with Crippen molar-refractivity contribution in [2.24, 2.45) is 0 Å². The van der Waals surface area contributed by atoms with Crippen LogP contribution in [0.25, 0.3) is 22.4 Å². The van der Waals surface area contributed by atoms with Crippen molar-refractivity contribution in [3.05, 3.63) is 58.3 Å². The lowest BCUT2D eigenvalue weighted by Crippen LogP contribution is -1.89. The molecule has 0 saturated carbocycles. The van der Waals surface area contributed by atoms with Gasteiger partial charge in [0, 0.05) is 5.56 Å². The molecular formula is C15H9Cl2FN2O. The smallest absolute Gasteiger partial charge is 0.230 e. The van der Waals surface area contributed by atoms with Crippen LogP contribution in [0.4, 0.5) is 10.3 Å². The molecule has 3 aromatic rings. The molecule has 0 spiro atoms. The first-order valence-electron chi connectivity index (χ1n) is 6.03. The highest BCUT2D eigenvalue weighted by Crippen LogP contribution is 2.40. The molecule has 2 N–H and O–H groups in total. The lowest BCUT2D eigenvalue weighted by molar-refractivity contribution is 0.439. The minimum atomic E-state index is -0.337. The highest BCUT2D eigenvalue weighted by molar-refractivity contribution is 6.43. The minimum Gasteiger partial charge on any atom is -0.367 e. The molecule has 0 radical (unpaired) electrons. The number of rotatable bonds is 2. The zero-order valence-corrected chi connectivity index (χ0v) is 12.1. The monoisotopic (exact) mass is 322 g/mol. The SMILES string of the molecule is Nc1onc(-c2cccc(Cl)c2Cl)c1-c1ccc(F)cc1. The zero-order valence-electron chi connectivity index (χ0n) is 10.6. The molecule has 6 heteroatoms. The Bertz CT molecular complexity index is 800. The van der Waals surface area contributed by atoms with E-state index in [-0.39, 0.29) is 11.7 Å². The van der Waals surface area contributed by atoms with Crippen molar-refractivity contribution in [2.75, 3.05) is 5.73 Å². The Morgan fingerprint density at radius 2 is 1.76 bits per heavy atom. The van der Waals surface area contributed by atoms with Gasteiger partial charge in [-0.05, 0) is 23.8 Å². The molecule has 1 heterocycles. The highest BCUT2D eigenvalue weighted by Gasteiger charge is 2.20. The molecule has 3 rings (SSSR count). The van der Waals surface area contributed by atoms with E-state index in [4.69, 9.17) is 33.5 Å². The number of halogens is 3. The molecule has 0 bridgehead atoms. The van der Waals surface area contributed by atoms with Gasteiger partial charge in [-0.3, -0.25) is 0 Å². The van der Waals surface area contributed by atoms with Crippen LogP contribution in [0.1, 0.15) is 0 Å². The molecule has 0 aliphatic rings. The number of hydrogen-bond donors (Lipinski definition) is 1. The van der Waals surface area contributed by atoms with Crippen LogP contribution in [-0.4, -0.2) is 5.16 Å². The number of nitrogens with zero attached hydrogens (tertiary/aromatic N) is 1. The molecule has 0 fully saturated rings. The normalized spacial score (nSPS) is 10.8. The van der Waals surface area contributed by atoms with Crippen molar-refractivity contribution in [3.63, 3.8) is 0 Å². The van der Waals surface area contributed by atoms with Gasteiger partial charge in [0.2, 0.25) is 5.88 Å². The van der Waals surface area contributed by atoms with E-state index >= 15 is 0 Å². The minimum absolute atomic E-state index is 0.132. The predicted molar refractivity (Wildman–Crippen MR) is 81.8 cm³/mol. The number of aromatic nitrogens is 1. The third kappa shape index (κ3) is 2.48.